The molecule has 0 amide bonds. The Kier molecular flexibility index (Phi) is 4.12. The molecule has 0 bridgehead atoms. The maximum Gasteiger partial charge on any atom is 0.123 e. The lowest BCUT2D eigenvalue weighted by Crippen LogP contribution is -2.30. The van der Waals surface area contributed by atoms with Gasteiger partial charge in [-0.3, -0.25) is 0 Å². The topological polar surface area (TPSA) is 71.2 Å². The number of aryl methyl sites for hydroxylation is 1. The van der Waals surface area contributed by atoms with Gasteiger partial charge in [-0.15, -0.1) is 5.10 Å². The molecule has 1 aliphatic carbocycles. The third-order valence-electron chi connectivity index (χ3n) is 3.71. The van der Waals surface area contributed by atoms with E-state index >= 15 is 0 Å². The molecular formula is C12H21N3O2. The van der Waals surface area contributed by atoms with Gasteiger partial charge in [0.1, 0.15) is 6.10 Å². The van der Waals surface area contributed by atoms with Crippen LogP contribution in [0.1, 0.15) is 50.8 Å². The van der Waals surface area contributed by atoms with E-state index in [0.29, 0.717) is 12.2 Å². The monoisotopic (exact) mass is 239 g/mol. The highest BCUT2D eigenvalue weighted by Gasteiger charge is 2.30. The Morgan fingerprint density at radius 3 is 2.71 bits per heavy atom. The van der Waals surface area contributed by atoms with Crippen molar-refractivity contribution >= 4 is 0 Å². The summed E-state index contributed by atoms with van der Waals surface area (Å²) < 4.78 is 1.64. The Balaban J connectivity index is 2.05. The van der Waals surface area contributed by atoms with E-state index in [2.05, 4.69) is 10.3 Å². The van der Waals surface area contributed by atoms with E-state index < -0.39 is 12.2 Å². The van der Waals surface area contributed by atoms with Crippen molar-refractivity contribution in [1.82, 2.24) is 15.0 Å². The molecule has 0 radical (unpaired) electrons. The van der Waals surface area contributed by atoms with Crippen LogP contribution in [-0.2, 0) is 6.54 Å². The molecule has 0 aliphatic heterocycles. The molecule has 1 fully saturated rings. The molecular weight excluding hydrogens is 218 g/mol. The Labute approximate surface area is 101 Å². The summed E-state index contributed by atoms with van der Waals surface area (Å²) in [6, 6.07) is 0. The number of aromatic nitrogens is 3. The molecule has 0 spiro atoms. The zero-order chi connectivity index (χ0) is 12.3. The smallest absolute Gasteiger partial charge is 0.123 e. The van der Waals surface area contributed by atoms with Gasteiger partial charge in [-0.05, 0) is 25.7 Å². The lowest BCUT2D eigenvalue weighted by Gasteiger charge is -2.29. The van der Waals surface area contributed by atoms with Crippen LogP contribution in [0.5, 0.6) is 0 Å². The van der Waals surface area contributed by atoms with Crippen LogP contribution >= 0.6 is 0 Å². The minimum atomic E-state index is -0.868. The molecule has 0 saturated heterocycles. The van der Waals surface area contributed by atoms with E-state index in [4.69, 9.17) is 0 Å². The van der Waals surface area contributed by atoms with Crippen molar-refractivity contribution in [3.8, 4) is 0 Å². The van der Waals surface area contributed by atoms with E-state index in [1.165, 1.54) is 6.42 Å². The van der Waals surface area contributed by atoms with Gasteiger partial charge in [-0.25, -0.2) is 4.68 Å². The normalized spacial score (nSPS) is 21.4. The van der Waals surface area contributed by atoms with Gasteiger partial charge in [-0.1, -0.05) is 24.5 Å². The van der Waals surface area contributed by atoms with Crippen LogP contribution in [0, 0.1) is 5.92 Å². The van der Waals surface area contributed by atoms with Gasteiger partial charge in [0.25, 0.3) is 0 Å². The first-order valence-corrected chi connectivity index (χ1v) is 6.48. The fourth-order valence-electron chi connectivity index (χ4n) is 2.65. The molecule has 2 N–H and O–H groups in total. The number of aliphatic hydroxyl groups is 2. The van der Waals surface area contributed by atoms with Crippen LogP contribution in [0.15, 0.2) is 6.20 Å². The fraction of sp³-hybridized carbons (Fsp3) is 0.833. The summed E-state index contributed by atoms with van der Waals surface area (Å²) in [7, 11) is 0. The largest absolute Gasteiger partial charge is 0.390 e. The summed E-state index contributed by atoms with van der Waals surface area (Å²) >= 11 is 0. The number of rotatable bonds is 4. The van der Waals surface area contributed by atoms with Crippen molar-refractivity contribution in [1.29, 1.82) is 0 Å². The Hall–Kier alpha value is -0.940. The van der Waals surface area contributed by atoms with Gasteiger partial charge in [0.2, 0.25) is 0 Å². The average Bonchev–Trinajstić information content (AvgIpc) is 2.86. The number of hydrogen-bond acceptors (Lipinski definition) is 4. The van der Waals surface area contributed by atoms with Crippen molar-refractivity contribution in [2.24, 2.45) is 5.92 Å². The van der Waals surface area contributed by atoms with Gasteiger partial charge < -0.3 is 10.2 Å². The van der Waals surface area contributed by atoms with Gasteiger partial charge in [0.15, 0.2) is 0 Å². The minimum absolute atomic E-state index is 0.207. The lowest BCUT2D eigenvalue weighted by molar-refractivity contribution is -0.0325. The highest BCUT2D eigenvalue weighted by Crippen LogP contribution is 2.31. The third kappa shape index (κ3) is 2.66. The molecule has 5 nitrogen and oxygen atoms in total. The summed E-state index contributed by atoms with van der Waals surface area (Å²) in [6.45, 7) is 2.60. The van der Waals surface area contributed by atoms with E-state index in [9.17, 15) is 10.2 Å². The maximum absolute atomic E-state index is 10.2. The molecule has 17 heavy (non-hydrogen) atoms. The maximum atomic E-state index is 10.2. The van der Waals surface area contributed by atoms with Gasteiger partial charge in [0, 0.05) is 6.54 Å². The third-order valence-corrected chi connectivity index (χ3v) is 3.71. The Bertz CT molecular complexity index is 347. The average molecular weight is 239 g/mol. The van der Waals surface area contributed by atoms with Crippen LogP contribution in [0.4, 0.5) is 0 Å². The Morgan fingerprint density at radius 2 is 2.06 bits per heavy atom. The second kappa shape index (κ2) is 5.60. The van der Waals surface area contributed by atoms with Crippen molar-refractivity contribution in [3.63, 3.8) is 0 Å². The predicted octanol–water partition coefficient (Wildman–Crippen LogP) is 1.27. The van der Waals surface area contributed by atoms with Crippen molar-refractivity contribution in [2.75, 3.05) is 0 Å². The molecule has 0 aromatic carbocycles. The molecule has 2 rings (SSSR count). The first kappa shape index (κ1) is 12.5. The molecule has 1 heterocycles. The zero-order valence-corrected chi connectivity index (χ0v) is 10.3. The summed E-state index contributed by atoms with van der Waals surface area (Å²) in [5.74, 6) is 0.207. The quantitative estimate of drug-likeness (QED) is 0.830. The van der Waals surface area contributed by atoms with Crippen LogP contribution < -0.4 is 0 Å². The van der Waals surface area contributed by atoms with E-state index in [-0.39, 0.29) is 5.92 Å². The molecule has 5 heteroatoms. The molecule has 96 valence electrons. The van der Waals surface area contributed by atoms with Gasteiger partial charge in [0.05, 0.1) is 18.0 Å². The van der Waals surface area contributed by atoms with E-state index in [1.807, 2.05) is 6.92 Å². The molecule has 1 aromatic rings. The number of hydrogen-bond donors (Lipinski definition) is 2. The van der Waals surface area contributed by atoms with Crippen LogP contribution in [0.25, 0.3) is 0 Å². The first-order valence-electron chi connectivity index (χ1n) is 6.48. The van der Waals surface area contributed by atoms with Crippen LogP contribution in [0.2, 0.25) is 0 Å². The minimum Gasteiger partial charge on any atom is -0.390 e. The first-order chi connectivity index (χ1) is 8.24. The molecule has 2 unspecified atom stereocenters. The van der Waals surface area contributed by atoms with Crippen LogP contribution in [0.3, 0.4) is 0 Å². The van der Waals surface area contributed by atoms with Crippen molar-refractivity contribution in [2.45, 2.75) is 57.8 Å². The Morgan fingerprint density at radius 1 is 1.35 bits per heavy atom. The SMILES string of the molecule is CCn1nncc1C(O)C(O)C1CCCCC1. The van der Waals surface area contributed by atoms with Crippen molar-refractivity contribution in [3.05, 3.63) is 11.9 Å². The summed E-state index contributed by atoms with van der Waals surface area (Å²) in [5, 5.41) is 28.1. The zero-order valence-electron chi connectivity index (χ0n) is 10.3. The summed E-state index contributed by atoms with van der Waals surface area (Å²) in [6.07, 6.45) is 5.54. The molecule has 1 aliphatic rings. The van der Waals surface area contributed by atoms with Crippen molar-refractivity contribution < 1.29 is 10.2 Å². The summed E-state index contributed by atoms with van der Waals surface area (Å²) in [5.41, 5.74) is 0.616. The number of aliphatic hydroxyl groups excluding tert-OH is 2. The highest BCUT2D eigenvalue weighted by molar-refractivity contribution is 5.02. The molecule has 2 atom stereocenters. The second-order valence-electron chi connectivity index (χ2n) is 4.81. The lowest BCUT2D eigenvalue weighted by atomic mass is 9.83. The highest BCUT2D eigenvalue weighted by atomic mass is 16.3. The van der Waals surface area contributed by atoms with Crippen LogP contribution in [-0.4, -0.2) is 31.3 Å². The molecule has 1 aromatic heterocycles. The fourth-order valence-corrected chi connectivity index (χ4v) is 2.65. The number of nitrogens with zero attached hydrogens (tertiary/aromatic N) is 3. The van der Waals surface area contributed by atoms with E-state index in [1.54, 1.807) is 10.9 Å². The second-order valence-corrected chi connectivity index (χ2v) is 4.81. The summed E-state index contributed by atoms with van der Waals surface area (Å²) in [4.78, 5) is 0. The predicted molar refractivity (Wildman–Crippen MR) is 63.2 cm³/mol. The van der Waals surface area contributed by atoms with Gasteiger partial charge >= 0.3 is 0 Å². The van der Waals surface area contributed by atoms with Gasteiger partial charge in [-0.2, -0.15) is 0 Å². The van der Waals surface area contributed by atoms with E-state index in [0.717, 1.165) is 25.7 Å². The standard InChI is InChI=1S/C12H21N3O2/c1-2-15-10(8-13-14-15)12(17)11(16)9-6-4-3-5-7-9/h8-9,11-12,16-17H,2-7H2,1H3. The molecule has 1 saturated carbocycles.